The van der Waals surface area contributed by atoms with Crippen LogP contribution in [0, 0.1) is 19.8 Å². The molecule has 0 radical (unpaired) electrons. The minimum absolute atomic E-state index is 0.00140. The first-order valence-corrected chi connectivity index (χ1v) is 17.2. The topological polar surface area (TPSA) is 132 Å². The molecule has 0 saturated heterocycles. The first kappa shape index (κ1) is 35.0. The molecular weight excluding hydrogens is 576 g/mol. The van der Waals surface area contributed by atoms with Crippen molar-refractivity contribution in [1.82, 2.24) is 5.16 Å². The van der Waals surface area contributed by atoms with Gasteiger partial charge in [0.05, 0.1) is 17.9 Å². The highest BCUT2D eigenvalue weighted by Crippen LogP contribution is 2.32. The van der Waals surface area contributed by atoms with E-state index in [-0.39, 0.29) is 27.0 Å². The predicted octanol–water partition coefficient (Wildman–Crippen LogP) is 6.88. The molecular formula is C34H49N4O5S+. The summed E-state index contributed by atoms with van der Waals surface area (Å²) >= 11 is 0. The number of aromatic nitrogens is 1. The number of primary amides is 1. The molecule has 0 aliphatic rings. The van der Waals surface area contributed by atoms with Crippen LogP contribution in [0.1, 0.15) is 89.5 Å². The highest BCUT2D eigenvalue weighted by atomic mass is 32.2. The molecule has 2 aromatic carbocycles. The quantitative estimate of drug-likeness (QED) is 0.124. The number of nitrogens with one attached hydrogen (secondary N) is 1. The SMILES string of the molecule is CCCCCC[N+](Cc1ccc(-c2ccccc2S(=O)(=O)Nc2noc(C)c2C)cc1)(C(=O)CCCC)[C@H](C(N)=O)C(C)C. The Bertz CT molecular complexity index is 1510. The minimum Gasteiger partial charge on any atom is -0.364 e. The zero-order chi connectivity index (χ0) is 32.5. The summed E-state index contributed by atoms with van der Waals surface area (Å²) in [5, 5.41) is 3.85. The van der Waals surface area contributed by atoms with E-state index >= 15 is 0 Å². The summed E-state index contributed by atoms with van der Waals surface area (Å²) in [5.74, 6) is 0.162. The van der Waals surface area contributed by atoms with Gasteiger partial charge in [-0.05, 0) is 44.7 Å². The van der Waals surface area contributed by atoms with Gasteiger partial charge in [0.15, 0.2) is 11.9 Å². The summed E-state index contributed by atoms with van der Waals surface area (Å²) in [7, 11) is -3.98. The minimum atomic E-state index is -3.98. The van der Waals surface area contributed by atoms with Crippen LogP contribution in [0.15, 0.2) is 57.9 Å². The van der Waals surface area contributed by atoms with Crippen molar-refractivity contribution in [3.63, 3.8) is 0 Å². The van der Waals surface area contributed by atoms with Crippen molar-refractivity contribution in [3.05, 3.63) is 65.4 Å². The number of carbonyl (C=O) groups is 2. The summed E-state index contributed by atoms with van der Waals surface area (Å²) in [5.41, 5.74) is 8.76. The Morgan fingerprint density at radius 3 is 2.18 bits per heavy atom. The first-order chi connectivity index (χ1) is 20.9. The third kappa shape index (κ3) is 8.15. The smallest absolute Gasteiger partial charge is 0.314 e. The number of rotatable bonds is 17. The van der Waals surface area contributed by atoms with Gasteiger partial charge in [0.25, 0.3) is 15.9 Å². The Labute approximate surface area is 262 Å². The maximum atomic E-state index is 14.0. The van der Waals surface area contributed by atoms with Crippen LogP contribution in [0.25, 0.3) is 11.1 Å². The van der Waals surface area contributed by atoms with Gasteiger partial charge in [0.2, 0.25) is 0 Å². The van der Waals surface area contributed by atoms with Crippen LogP contribution in [0.4, 0.5) is 5.82 Å². The number of nitrogens with zero attached hydrogens (tertiary/aromatic N) is 2. The molecule has 3 rings (SSSR count). The molecule has 44 heavy (non-hydrogen) atoms. The van der Waals surface area contributed by atoms with Gasteiger partial charge in [-0.1, -0.05) is 94.6 Å². The molecule has 240 valence electrons. The molecule has 1 heterocycles. The Hall–Kier alpha value is -3.50. The monoisotopic (exact) mass is 625 g/mol. The van der Waals surface area contributed by atoms with Crippen LogP contribution in [0.5, 0.6) is 0 Å². The van der Waals surface area contributed by atoms with Crippen molar-refractivity contribution in [2.24, 2.45) is 11.7 Å². The number of hydrogen-bond acceptors (Lipinski definition) is 6. The average Bonchev–Trinajstić information content (AvgIpc) is 3.29. The van der Waals surface area contributed by atoms with Crippen molar-refractivity contribution in [2.75, 3.05) is 11.3 Å². The third-order valence-electron chi connectivity index (χ3n) is 8.40. The number of aryl methyl sites for hydroxylation is 1. The van der Waals surface area contributed by atoms with E-state index in [1.807, 2.05) is 38.1 Å². The summed E-state index contributed by atoms with van der Waals surface area (Å²) in [6.07, 6.45) is 5.96. The van der Waals surface area contributed by atoms with E-state index in [1.165, 1.54) is 0 Å². The van der Waals surface area contributed by atoms with Gasteiger partial charge in [0.1, 0.15) is 12.3 Å². The van der Waals surface area contributed by atoms with E-state index in [9.17, 15) is 18.0 Å². The zero-order valence-corrected chi connectivity index (χ0v) is 27.9. The van der Waals surface area contributed by atoms with Crippen LogP contribution in [0.3, 0.4) is 0 Å². The van der Waals surface area contributed by atoms with Gasteiger partial charge < -0.3 is 10.3 Å². The molecule has 9 nitrogen and oxygen atoms in total. The van der Waals surface area contributed by atoms with E-state index in [4.69, 9.17) is 10.3 Å². The average molecular weight is 626 g/mol. The molecule has 0 aliphatic heterocycles. The van der Waals surface area contributed by atoms with Gasteiger partial charge in [-0.15, -0.1) is 0 Å². The third-order valence-corrected chi connectivity index (χ3v) is 9.80. The number of carbonyl (C=O) groups excluding carboxylic acids is 2. The number of amides is 2. The second-order valence-corrected chi connectivity index (χ2v) is 13.7. The van der Waals surface area contributed by atoms with E-state index in [2.05, 4.69) is 23.7 Å². The van der Waals surface area contributed by atoms with E-state index in [0.29, 0.717) is 42.0 Å². The molecule has 2 amide bonds. The Kier molecular flexibility index (Phi) is 12.3. The van der Waals surface area contributed by atoms with Gasteiger partial charge >= 0.3 is 5.91 Å². The molecule has 0 aliphatic carbocycles. The molecule has 0 spiro atoms. The fourth-order valence-corrected chi connectivity index (χ4v) is 7.24. The highest BCUT2D eigenvalue weighted by Gasteiger charge is 2.48. The summed E-state index contributed by atoms with van der Waals surface area (Å²) in [6, 6.07) is 13.7. The number of sulfonamides is 1. The number of anilines is 1. The van der Waals surface area contributed by atoms with E-state index < -0.39 is 22.0 Å². The van der Waals surface area contributed by atoms with Crippen LogP contribution < -0.4 is 10.5 Å². The Balaban J connectivity index is 2.02. The summed E-state index contributed by atoms with van der Waals surface area (Å²) in [6.45, 7) is 12.5. The van der Waals surface area contributed by atoms with Crippen LogP contribution in [0.2, 0.25) is 0 Å². The molecule has 1 aromatic heterocycles. The zero-order valence-electron chi connectivity index (χ0n) is 27.1. The second-order valence-electron chi connectivity index (χ2n) is 12.1. The number of nitrogens with two attached hydrogens (primary N) is 1. The maximum Gasteiger partial charge on any atom is 0.314 e. The van der Waals surface area contributed by atoms with Crippen molar-refractivity contribution in [3.8, 4) is 11.1 Å². The molecule has 3 N–H and O–H groups in total. The molecule has 3 aromatic rings. The standard InChI is InChI=1S/C34H48N4O5S/c1-7-9-11-14-22-38(31(39)17-10-8-2,32(24(3)4)33(35)40)23-27-18-20-28(21-19-27)29-15-12-13-16-30(29)44(41,42)37-34-25(5)26(6)43-36-34/h12-13,15-16,18-21,24,32H,7-11,14,17,22-23H2,1-6H3,(H2-,35,36,37,40)/p+1/t32-,38?/m0/s1. The van der Waals surface area contributed by atoms with Crippen molar-refractivity contribution >= 4 is 27.7 Å². The lowest BCUT2D eigenvalue weighted by molar-refractivity contribution is -0.887. The fraction of sp³-hybridized carbons (Fsp3) is 0.500. The van der Waals surface area contributed by atoms with Gasteiger partial charge in [-0.25, -0.2) is 17.7 Å². The molecule has 1 unspecified atom stereocenters. The van der Waals surface area contributed by atoms with Gasteiger partial charge in [0, 0.05) is 22.6 Å². The molecule has 2 atom stereocenters. The van der Waals surface area contributed by atoms with E-state index in [1.54, 1.807) is 38.1 Å². The largest absolute Gasteiger partial charge is 0.364 e. The number of hydrogen-bond donors (Lipinski definition) is 2. The normalized spacial score (nSPS) is 13.9. The lowest BCUT2D eigenvalue weighted by Gasteiger charge is -2.43. The summed E-state index contributed by atoms with van der Waals surface area (Å²) < 4.78 is 34.6. The van der Waals surface area contributed by atoms with Crippen molar-refractivity contribution in [2.45, 2.75) is 104 Å². The molecule has 0 bridgehead atoms. The van der Waals surface area contributed by atoms with Crippen LogP contribution in [-0.4, -0.2) is 42.5 Å². The van der Waals surface area contributed by atoms with Crippen molar-refractivity contribution in [1.29, 1.82) is 0 Å². The molecule has 0 saturated carbocycles. The number of quaternary nitrogens is 1. The van der Waals surface area contributed by atoms with Crippen LogP contribution in [-0.2, 0) is 26.2 Å². The molecule has 0 fully saturated rings. The Morgan fingerprint density at radius 1 is 0.955 bits per heavy atom. The predicted molar refractivity (Wildman–Crippen MR) is 174 cm³/mol. The number of benzene rings is 2. The van der Waals surface area contributed by atoms with Crippen LogP contribution >= 0.6 is 0 Å². The van der Waals surface area contributed by atoms with Gasteiger partial charge in [-0.3, -0.25) is 9.52 Å². The second kappa shape index (κ2) is 15.5. The lowest BCUT2D eigenvalue weighted by Crippen LogP contribution is -2.65. The van der Waals surface area contributed by atoms with Gasteiger partial charge in [-0.2, -0.15) is 0 Å². The lowest BCUT2D eigenvalue weighted by atomic mass is 9.94. The van der Waals surface area contributed by atoms with E-state index in [0.717, 1.165) is 44.1 Å². The Morgan fingerprint density at radius 2 is 1.61 bits per heavy atom. The maximum absolute atomic E-state index is 14.0. The highest BCUT2D eigenvalue weighted by molar-refractivity contribution is 7.92. The number of unbranched alkanes of at least 4 members (excludes halogenated alkanes) is 4. The molecule has 10 heteroatoms. The van der Waals surface area contributed by atoms with Crippen molar-refractivity contribution < 1.29 is 27.0 Å². The fourth-order valence-electron chi connectivity index (χ4n) is 5.95. The first-order valence-electron chi connectivity index (χ1n) is 15.7. The summed E-state index contributed by atoms with van der Waals surface area (Å²) in [4.78, 5) is 27.1.